The molecule has 0 saturated carbocycles. The molecule has 7 nitrogen and oxygen atoms in total. The fourth-order valence-electron chi connectivity index (χ4n) is 3.24. The van der Waals surface area contributed by atoms with E-state index >= 15 is 0 Å². The summed E-state index contributed by atoms with van der Waals surface area (Å²) in [4.78, 5) is 26.9. The predicted molar refractivity (Wildman–Crippen MR) is 104 cm³/mol. The van der Waals surface area contributed by atoms with Crippen molar-refractivity contribution in [3.05, 3.63) is 71.1 Å². The first-order chi connectivity index (χ1) is 13.9. The van der Waals surface area contributed by atoms with Crippen molar-refractivity contribution in [2.24, 2.45) is 0 Å². The summed E-state index contributed by atoms with van der Waals surface area (Å²) in [6.07, 6.45) is 1.48. The highest BCUT2D eigenvalue weighted by atomic mass is 19.1. The van der Waals surface area contributed by atoms with Crippen molar-refractivity contribution in [2.75, 3.05) is 20.2 Å². The van der Waals surface area contributed by atoms with Crippen molar-refractivity contribution in [2.45, 2.75) is 25.9 Å². The van der Waals surface area contributed by atoms with Gasteiger partial charge in [-0.3, -0.25) is 4.90 Å². The van der Waals surface area contributed by atoms with Crippen molar-refractivity contribution in [1.29, 1.82) is 0 Å². The number of hydrogen-bond donors (Lipinski definition) is 2. The molecule has 29 heavy (non-hydrogen) atoms. The number of carbonyl (C=O) groups excluding carboxylic acids is 2. The zero-order valence-electron chi connectivity index (χ0n) is 16.6. The van der Waals surface area contributed by atoms with Crippen LogP contribution in [0.3, 0.4) is 0 Å². The van der Waals surface area contributed by atoms with E-state index in [0.29, 0.717) is 17.0 Å². The molecular formula is C21H24FN3O4. The van der Waals surface area contributed by atoms with Crippen LogP contribution in [0.4, 0.5) is 9.18 Å². The molecule has 1 aromatic carbocycles. The van der Waals surface area contributed by atoms with Crippen LogP contribution in [0.25, 0.3) is 0 Å². The number of furan rings is 1. The van der Waals surface area contributed by atoms with E-state index in [9.17, 15) is 14.0 Å². The van der Waals surface area contributed by atoms with Crippen LogP contribution in [-0.4, -0.2) is 37.1 Å². The standard InChI is InChI=1S/C21H24FN3O4/c1-4-28-20(26)18-16(23-21(27)24-19(18)17-6-5-11-29-17)12-25(3)13(2)14-7-9-15(22)10-8-14/h5-11,13,19H,4,12H2,1-3H3,(H2,23,24,27). The lowest BCUT2D eigenvalue weighted by Crippen LogP contribution is -2.48. The van der Waals surface area contributed by atoms with Gasteiger partial charge in [-0.1, -0.05) is 12.1 Å². The summed E-state index contributed by atoms with van der Waals surface area (Å²) in [7, 11) is 1.86. The van der Waals surface area contributed by atoms with Gasteiger partial charge in [-0.2, -0.15) is 0 Å². The lowest BCUT2D eigenvalue weighted by Gasteiger charge is -2.32. The van der Waals surface area contributed by atoms with Gasteiger partial charge >= 0.3 is 12.0 Å². The van der Waals surface area contributed by atoms with Gasteiger partial charge in [0, 0.05) is 18.3 Å². The first kappa shape index (κ1) is 20.6. The average molecular weight is 401 g/mol. The van der Waals surface area contributed by atoms with Crippen LogP contribution in [-0.2, 0) is 9.53 Å². The zero-order valence-corrected chi connectivity index (χ0v) is 16.6. The lowest BCUT2D eigenvalue weighted by atomic mass is 9.99. The number of ether oxygens (including phenoxy) is 1. The Balaban J connectivity index is 1.92. The molecule has 2 amide bonds. The van der Waals surface area contributed by atoms with E-state index in [1.807, 2.05) is 18.9 Å². The van der Waals surface area contributed by atoms with Gasteiger partial charge in [-0.05, 0) is 50.7 Å². The summed E-state index contributed by atoms with van der Waals surface area (Å²) in [5, 5.41) is 5.45. The largest absolute Gasteiger partial charge is 0.467 e. The van der Waals surface area contributed by atoms with Crippen molar-refractivity contribution in [3.8, 4) is 0 Å². The summed E-state index contributed by atoms with van der Waals surface area (Å²) in [6.45, 7) is 4.16. The maximum Gasteiger partial charge on any atom is 0.338 e. The molecule has 2 heterocycles. The molecule has 2 unspecified atom stereocenters. The maximum absolute atomic E-state index is 13.2. The van der Waals surface area contributed by atoms with E-state index in [1.54, 1.807) is 31.2 Å². The van der Waals surface area contributed by atoms with Crippen LogP contribution in [0, 0.1) is 5.82 Å². The third-order valence-corrected chi connectivity index (χ3v) is 4.90. The topological polar surface area (TPSA) is 83.8 Å². The number of rotatable bonds is 7. The second kappa shape index (κ2) is 8.91. The van der Waals surface area contributed by atoms with Gasteiger partial charge in [0.2, 0.25) is 0 Å². The van der Waals surface area contributed by atoms with E-state index in [-0.39, 0.29) is 25.0 Å². The molecule has 1 aliphatic heterocycles. The Hall–Kier alpha value is -3.13. The van der Waals surface area contributed by atoms with E-state index < -0.39 is 18.0 Å². The van der Waals surface area contributed by atoms with Crippen LogP contribution in [0.2, 0.25) is 0 Å². The SMILES string of the molecule is CCOC(=O)C1=C(CN(C)C(C)c2ccc(F)cc2)NC(=O)NC1c1ccco1. The van der Waals surface area contributed by atoms with E-state index in [1.165, 1.54) is 18.4 Å². The number of benzene rings is 1. The van der Waals surface area contributed by atoms with Crippen LogP contribution < -0.4 is 10.6 Å². The summed E-state index contributed by atoms with van der Waals surface area (Å²) in [5.41, 5.74) is 1.64. The highest BCUT2D eigenvalue weighted by Gasteiger charge is 2.35. The van der Waals surface area contributed by atoms with Gasteiger partial charge < -0.3 is 19.8 Å². The highest BCUT2D eigenvalue weighted by Crippen LogP contribution is 2.29. The minimum Gasteiger partial charge on any atom is -0.467 e. The molecule has 2 atom stereocenters. The summed E-state index contributed by atoms with van der Waals surface area (Å²) < 4.78 is 23.9. The first-order valence-corrected chi connectivity index (χ1v) is 9.37. The molecule has 0 aliphatic carbocycles. The number of carbonyl (C=O) groups is 2. The number of nitrogens with one attached hydrogen (secondary N) is 2. The van der Waals surface area contributed by atoms with Crippen molar-refractivity contribution in [1.82, 2.24) is 15.5 Å². The molecule has 0 spiro atoms. The molecular weight excluding hydrogens is 377 g/mol. The third kappa shape index (κ3) is 4.65. The van der Waals surface area contributed by atoms with E-state index in [4.69, 9.17) is 9.15 Å². The third-order valence-electron chi connectivity index (χ3n) is 4.90. The smallest absolute Gasteiger partial charge is 0.338 e. The van der Waals surface area contributed by atoms with Crippen molar-refractivity contribution >= 4 is 12.0 Å². The predicted octanol–water partition coefficient (Wildman–Crippen LogP) is 3.28. The Morgan fingerprint density at radius 2 is 2.03 bits per heavy atom. The molecule has 0 bridgehead atoms. The monoisotopic (exact) mass is 401 g/mol. The van der Waals surface area contributed by atoms with Gasteiger partial charge in [-0.15, -0.1) is 0 Å². The summed E-state index contributed by atoms with van der Waals surface area (Å²) in [5.74, 6) is -0.392. The molecule has 0 fully saturated rings. The van der Waals surface area contributed by atoms with Gasteiger partial charge in [0.1, 0.15) is 17.6 Å². The van der Waals surface area contributed by atoms with Crippen LogP contribution in [0.5, 0.6) is 0 Å². The fraction of sp³-hybridized carbons (Fsp3) is 0.333. The Kier molecular flexibility index (Phi) is 6.33. The molecule has 8 heteroatoms. The lowest BCUT2D eigenvalue weighted by molar-refractivity contribution is -0.139. The second-order valence-electron chi connectivity index (χ2n) is 6.80. The first-order valence-electron chi connectivity index (χ1n) is 9.37. The normalized spacial score (nSPS) is 17.7. The molecule has 0 radical (unpaired) electrons. The number of halogens is 1. The summed E-state index contributed by atoms with van der Waals surface area (Å²) in [6, 6.07) is 8.35. The Bertz CT molecular complexity index is 893. The second-order valence-corrected chi connectivity index (χ2v) is 6.80. The van der Waals surface area contributed by atoms with E-state index in [0.717, 1.165) is 5.56 Å². The molecule has 154 valence electrons. The maximum atomic E-state index is 13.2. The number of urea groups is 1. The van der Waals surface area contributed by atoms with Gasteiger partial charge in [0.05, 0.1) is 18.4 Å². The number of esters is 1. The zero-order chi connectivity index (χ0) is 21.0. The van der Waals surface area contributed by atoms with Crippen molar-refractivity contribution < 1.29 is 23.1 Å². The number of nitrogens with zero attached hydrogens (tertiary/aromatic N) is 1. The number of likely N-dealkylation sites (N-methyl/N-ethyl adjacent to an activating group) is 1. The molecule has 1 aliphatic rings. The average Bonchev–Trinajstić information content (AvgIpc) is 3.22. The highest BCUT2D eigenvalue weighted by molar-refractivity contribution is 5.95. The Morgan fingerprint density at radius 3 is 2.66 bits per heavy atom. The quantitative estimate of drug-likeness (QED) is 0.696. The minimum atomic E-state index is -0.748. The number of hydrogen-bond acceptors (Lipinski definition) is 5. The van der Waals surface area contributed by atoms with Crippen LogP contribution >= 0.6 is 0 Å². The molecule has 0 saturated heterocycles. The molecule has 1 aromatic heterocycles. The van der Waals surface area contributed by atoms with Crippen LogP contribution in [0.15, 0.2) is 58.3 Å². The Morgan fingerprint density at radius 1 is 1.31 bits per heavy atom. The van der Waals surface area contributed by atoms with E-state index in [2.05, 4.69) is 10.6 Å². The fourth-order valence-corrected chi connectivity index (χ4v) is 3.24. The number of amides is 2. The minimum absolute atomic E-state index is 0.0830. The Labute approximate surface area is 168 Å². The van der Waals surface area contributed by atoms with Gasteiger partial charge in [-0.25, -0.2) is 14.0 Å². The molecule has 2 N–H and O–H groups in total. The summed E-state index contributed by atoms with van der Waals surface area (Å²) >= 11 is 0. The van der Waals surface area contributed by atoms with Gasteiger partial charge in [0.25, 0.3) is 0 Å². The molecule has 3 rings (SSSR count). The van der Waals surface area contributed by atoms with Crippen LogP contribution in [0.1, 0.15) is 37.3 Å². The van der Waals surface area contributed by atoms with Gasteiger partial charge in [0.15, 0.2) is 0 Å². The molecule has 2 aromatic rings. The van der Waals surface area contributed by atoms with Crippen molar-refractivity contribution in [3.63, 3.8) is 0 Å².